The molecule has 3 nitrogen and oxygen atoms in total. The molecule has 0 heterocycles. The molecule has 1 fully saturated rings. The van der Waals surface area contributed by atoms with Crippen LogP contribution in [0.25, 0.3) is 0 Å². The summed E-state index contributed by atoms with van der Waals surface area (Å²) in [7, 11) is 0. The van der Waals surface area contributed by atoms with Gasteiger partial charge in [0.1, 0.15) is 0 Å². The third-order valence-corrected chi connectivity index (χ3v) is 4.21. The van der Waals surface area contributed by atoms with Crippen LogP contribution in [0.5, 0.6) is 0 Å². The van der Waals surface area contributed by atoms with Gasteiger partial charge in [0.15, 0.2) is 0 Å². The van der Waals surface area contributed by atoms with Gasteiger partial charge in [-0.3, -0.25) is 4.79 Å². The second-order valence-corrected chi connectivity index (χ2v) is 6.74. The zero-order chi connectivity index (χ0) is 14.3. The Morgan fingerprint density at radius 2 is 1.84 bits per heavy atom. The van der Waals surface area contributed by atoms with Crippen LogP contribution < -0.4 is 10.6 Å². The van der Waals surface area contributed by atoms with Crippen LogP contribution in [-0.4, -0.2) is 25.0 Å². The maximum absolute atomic E-state index is 12.0. The second kappa shape index (κ2) is 7.88. The van der Waals surface area contributed by atoms with Crippen LogP contribution >= 0.6 is 0 Å². The van der Waals surface area contributed by atoms with Crippen molar-refractivity contribution in [3.63, 3.8) is 0 Å². The van der Waals surface area contributed by atoms with Crippen molar-refractivity contribution < 1.29 is 4.79 Å². The molecule has 1 aliphatic rings. The Hall–Kier alpha value is -0.570. The van der Waals surface area contributed by atoms with E-state index in [2.05, 4.69) is 38.3 Å². The molecule has 3 heteroatoms. The fourth-order valence-electron chi connectivity index (χ4n) is 3.50. The number of amides is 1. The van der Waals surface area contributed by atoms with Crippen LogP contribution in [-0.2, 0) is 4.79 Å². The molecule has 19 heavy (non-hydrogen) atoms. The highest BCUT2D eigenvalue weighted by atomic mass is 16.1. The molecule has 0 radical (unpaired) electrons. The van der Waals surface area contributed by atoms with Gasteiger partial charge in [0.2, 0.25) is 5.91 Å². The van der Waals surface area contributed by atoms with Crippen LogP contribution in [0.1, 0.15) is 66.2 Å². The van der Waals surface area contributed by atoms with Crippen LogP contribution in [0.2, 0.25) is 0 Å². The fourth-order valence-corrected chi connectivity index (χ4v) is 3.50. The van der Waals surface area contributed by atoms with Crippen molar-refractivity contribution in [1.29, 1.82) is 0 Å². The number of hydrogen-bond donors (Lipinski definition) is 2. The number of rotatable bonds is 8. The van der Waals surface area contributed by atoms with Gasteiger partial charge in [-0.1, -0.05) is 33.6 Å². The number of nitrogens with one attached hydrogen (secondary N) is 2. The Kier molecular flexibility index (Phi) is 6.84. The van der Waals surface area contributed by atoms with Crippen LogP contribution in [0.15, 0.2) is 0 Å². The Bertz CT molecular complexity index is 270. The molecule has 0 aromatic carbocycles. The van der Waals surface area contributed by atoms with Gasteiger partial charge in [-0.05, 0) is 44.1 Å². The zero-order valence-electron chi connectivity index (χ0n) is 13.2. The van der Waals surface area contributed by atoms with E-state index in [-0.39, 0.29) is 11.9 Å². The molecule has 0 aliphatic heterocycles. The van der Waals surface area contributed by atoms with E-state index in [0.717, 1.165) is 19.0 Å². The summed E-state index contributed by atoms with van der Waals surface area (Å²) in [5, 5.41) is 6.47. The highest BCUT2D eigenvalue weighted by Crippen LogP contribution is 2.42. The SMILES string of the molecule is CCNC(C)CC(=O)NCC1(CC(C)C)CCCC1. The summed E-state index contributed by atoms with van der Waals surface area (Å²) in [6, 6.07) is 0.273. The molecule has 112 valence electrons. The summed E-state index contributed by atoms with van der Waals surface area (Å²) in [5.41, 5.74) is 0.380. The lowest BCUT2D eigenvalue weighted by atomic mass is 9.78. The number of carbonyl (C=O) groups is 1. The molecule has 0 spiro atoms. The van der Waals surface area contributed by atoms with E-state index in [4.69, 9.17) is 0 Å². The molecule has 1 rings (SSSR count). The molecule has 0 saturated heterocycles. The molecule has 1 amide bonds. The van der Waals surface area contributed by atoms with Crippen molar-refractivity contribution in [2.24, 2.45) is 11.3 Å². The fraction of sp³-hybridized carbons (Fsp3) is 0.938. The number of hydrogen-bond acceptors (Lipinski definition) is 2. The molecule has 0 aromatic rings. The largest absolute Gasteiger partial charge is 0.355 e. The number of carbonyl (C=O) groups excluding carboxylic acids is 1. The first-order valence-electron chi connectivity index (χ1n) is 7.97. The Labute approximate surface area is 118 Å². The first-order chi connectivity index (χ1) is 8.97. The lowest BCUT2D eigenvalue weighted by molar-refractivity contribution is -0.122. The Morgan fingerprint density at radius 3 is 2.37 bits per heavy atom. The van der Waals surface area contributed by atoms with Gasteiger partial charge in [0.05, 0.1) is 0 Å². The van der Waals surface area contributed by atoms with Gasteiger partial charge in [-0.2, -0.15) is 0 Å². The van der Waals surface area contributed by atoms with Gasteiger partial charge in [-0.15, -0.1) is 0 Å². The maximum atomic E-state index is 12.0. The summed E-state index contributed by atoms with van der Waals surface area (Å²) in [6.07, 6.45) is 7.07. The summed E-state index contributed by atoms with van der Waals surface area (Å²) >= 11 is 0. The first kappa shape index (κ1) is 16.5. The normalized spacial score (nSPS) is 19.6. The van der Waals surface area contributed by atoms with Gasteiger partial charge in [0.25, 0.3) is 0 Å². The monoisotopic (exact) mass is 268 g/mol. The predicted octanol–water partition coefficient (Wildman–Crippen LogP) is 3.10. The maximum Gasteiger partial charge on any atom is 0.221 e. The molecular formula is C16H32N2O. The van der Waals surface area contributed by atoms with Crippen molar-refractivity contribution in [2.45, 2.75) is 72.3 Å². The van der Waals surface area contributed by atoms with Crippen LogP contribution in [0.4, 0.5) is 0 Å². The predicted molar refractivity (Wildman–Crippen MR) is 81.1 cm³/mol. The van der Waals surface area contributed by atoms with E-state index in [1.165, 1.54) is 32.1 Å². The van der Waals surface area contributed by atoms with Crippen molar-refractivity contribution in [3.8, 4) is 0 Å². The van der Waals surface area contributed by atoms with Crippen molar-refractivity contribution >= 4 is 5.91 Å². The molecular weight excluding hydrogens is 236 g/mol. The van der Waals surface area contributed by atoms with Crippen molar-refractivity contribution in [2.75, 3.05) is 13.1 Å². The molecule has 1 saturated carbocycles. The molecule has 0 aromatic heterocycles. The summed E-state index contributed by atoms with van der Waals surface area (Å²) in [4.78, 5) is 12.0. The van der Waals surface area contributed by atoms with E-state index in [9.17, 15) is 4.79 Å². The minimum atomic E-state index is 0.198. The standard InChI is InChI=1S/C16H32N2O/c1-5-17-14(4)10-15(19)18-12-16(11-13(2)3)8-6-7-9-16/h13-14,17H,5-12H2,1-4H3,(H,18,19). The van der Waals surface area contributed by atoms with Gasteiger partial charge >= 0.3 is 0 Å². The van der Waals surface area contributed by atoms with Crippen molar-refractivity contribution in [3.05, 3.63) is 0 Å². The smallest absolute Gasteiger partial charge is 0.221 e. The van der Waals surface area contributed by atoms with Gasteiger partial charge in [0, 0.05) is 19.0 Å². The van der Waals surface area contributed by atoms with E-state index < -0.39 is 0 Å². The average molecular weight is 268 g/mol. The third kappa shape index (κ3) is 5.94. The topological polar surface area (TPSA) is 41.1 Å². The molecule has 2 N–H and O–H groups in total. The van der Waals surface area contributed by atoms with Crippen LogP contribution in [0, 0.1) is 11.3 Å². The van der Waals surface area contributed by atoms with E-state index in [1.54, 1.807) is 0 Å². The van der Waals surface area contributed by atoms with Gasteiger partial charge in [-0.25, -0.2) is 0 Å². The summed E-state index contributed by atoms with van der Waals surface area (Å²) < 4.78 is 0. The third-order valence-electron chi connectivity index (χ3n) is 4.21. The lowest BCUT2D eigenvalue weighted by Crippen LogP contribution is -2.39. The highest BCUT2D eigenvalue weighted by molar-refractivity contribution is 5.76. The minimum absolute atomic E-state index is 0.198. The van der Waals surface area contributed by atoms with Crippen molar-refractivity contribution in [1.82, 2.24) is 10.6 Å². The minimum Gasteiger partial charge on any atom is -0.355 e. The van der Waals surface area contributed by atoms with Gasteiger partial charge < -0.3 is 10.6 Å². The summed E-state index contributed by atoms with van der Waals surface area (Å²) in [6.45, 7) is 10.5. The zero-order valence-corrected chi connectivity index (χ0v) is 13.2. The highest BCUT2D eigenvalue weighted by Gasteiger charge is 2.34. The molecule has 1 aliphatic carbocycles. The second-order valence-electron chi connectivity index (χ2n) is 6.74. The first-order valence-corrected chi connectivity index (χ1v) is 7.97. The van der Waals surface area contributed by atoms with E-state index in [1.807, 2.05) is 0 Å². The Morgan fingerprint density at radius 1 is 1.21 bits per heavy atom. The lowest BCUT2D eigenvalue weighted by Gasteiger charge is -2.31. The Balaban J connectivity index is 2.37. The van der Waals surface area contributed by atoms with E-state index >= 15 is 0 Å². The van der Waals surface area contributed by atoms with Crippen LogP contribution in [0.3, 0.4) is 0 Å². The quantitative estimate of drug-likeness (QED) is 0.710. The molecule has 0 bridgehead atoms. The van der Waals surface area contributed by atoms with E-state index in [0.29, 0.717) is 11.8 Å². The molecule has 1 unspecified atom stereocenters. The molecule has 1 atom stereocenters. The summed E-state index contributed by atoms with van der Waals surface area (Å²) in [5.74, 6) is 0.916. The average Bonchev–Trinajstić information content (AvgIpc) is 2.75.